The van der Waals surface area contributed by atoms with Gasteiger partial charge in [0.05, 0.1) is 10.6 Å². The third kappa shape index (κ3) is 4.89. The van der Waals surface area contributed by atoms with Crippen molar-refractivity contribution >= 4 is 33.1 Å². The molecule has 144 valence electrons. The zero-order valence-corrected chi connectivity index (χ0v) is 16.4. The highest BCUT2D eigenvalue weighted by Crippen LogP contribution is 2.22. The summed E-state index contributed by atoms with van der Waals surface area (Å²) in [5.41, 5.74) is 3.50. The van der Waals surface area contributed by atoms with E-state index in [-0.39, 0.29) is 4.90 Å². The standard InChI is InChI=1S/C21H21N3O3S/c1-15-8-9-16(2)20(14-15)24-28(26,27)19-12-10-18(11-13-19)23-21(25)22-17-6-4-3-5-7-17/h3-14,24H,1-2H3,(H2,22,23,25). The van der Waals surface area contributed by atoms with Crippen LogP contribution in [0.2, 0.25) is 0 Å². The predicted octanol–water partition coefficient (Wildman–Crippen LogP) is 4.75. The predicted molar refractivity (Wildman–Crippen MR) is 112 cm³/mol. The molecule has 3 aromatic rings. The Morgan fingerprint density at radius 2 is 1.39 bits per heavy atom. The Morgan fingerprint density at radius 1 is 0.786 bits per heavy atom. The molecule has 0 aliphatic carbocycles. The van der Waals surface area contributed by atoms with Gasteiger partial charge in [0.25, 0.3) is 10.0 Å². The summed E-state index contributed by atoms with van der Waals surface area (Å²) in [5.74, 6) is 0. The van der Waals surface area contributed by atoms with Crippen molar-refractivity contribution in [1.82, 2.24) is 0 Å². The van der Waals surface area contributed by atoms with Crippen LogP contribution < -0.4 is 15.4 Å². The van der Waals surface area contributed by atoms with E-state index in [2.05, 4.69) is 15.4 Å². The molecule has 0 unspecified atom stereocenters. The maximum atomic E-state index is 12.6. The second-order valence-electron chi connectivity index (χ2n) is 6.39. The molecule has 28 heavy (non-hydrogen) atoms. The zero-order chi connectivity index (χ0) is 20.1. The van der Waals surface area contributed by atoms with Crippen LogP contribution in [0.4, 0.5) is 21.9 Å². The number of hydrogen-bond acceptors (Lipinski definition) is 3. The number of sulfonamides is 1. The van der Waals surface area contributed by atoms with Crippen molar-refractivity contribution in [3.05, 3.63) is 83.9 Å². The lowest BCUT2D eigenvalue weighted by molar-refractivity contribution is 0.262. The van der Waals surface area contributed by atoms with Gasteiger partial charge in [-0.3, -0.25) is 4.72 Å². The zero-order valence-electron chi connectivity index (χ0n) is 15.6. The van der Waals surface area contributed by atoms with Gasteiger partial charge in [0.1, 0.15) is 0 Å². The monoisotopic (exact) mass is 395 g/mol. The van der Waals surface area contributed by atoms with Gasteiger partial charge >= 0.3 is 6.03 Å². The summed E-state index contributed by atoms with van der Waals surface area (Å²) in [6, 6.07) is 20.2. The molecule has 0 aliphatic rings. The lowest BCUT2D eigenvalue weighted by Gasteiger charge is -2.12. The Bertz CT molecular complexity index is 1080. The number of amides is 2. The van der Waals surface area contributed by atoms with E-state index in [0.29, 0.717) is 17.1 Å². The molecule has 0 spiro atoms. The van der Waals surface area contributed by atoms with E-state index in [4.69, 9.17) is 0 Å². The second kappa shape index (κ2) is 8.14. The Hall–Kier alpha value is -3.32. The SMILES string of the molecule is Cc1ccc(C)c(NS(=O)(=O)c2ccc(NC(=O)Nc3ccccc3)cc2)c1. The summed E-state index contributed by atoms with van der Waals surface area (Å²) >= 11 is 0. The van der Waals surface area contributed by atoms with E-state index in [1.165, 1.54) is 12.1 Å². The Balaban J connectivity index is 1.69. The largest absolute Gasteiger partial charge is 0.323 e. The topological polar surface area (TPSA) is 87.3 Å². The number of nitrogens with one attached hydrogen (secondary N) is 3. The molecular weight excluding hydrogens is 374 g/mol. The van der Waals surface area contributed by atoms with Crippen LogP contribution in [-0.4, -0.2) is 14.4 Å². The van der Waals surface area contributed by atoms with E-state index in [1.54, 1.807) is 30.3 Å². The number of para-hydroxylation sites is 1. The number of carbonyl (C=O) groups excluding carboxylic acids is 1. The van der Waals surface area contributed by atoms with Gasteiger partial charge < -0.3 is 10.6 Å². The van der Waals surface area contributed by atoms with Gasteiger partial charge in [-0.1, -0.05) is 30.3 Å². The molecular formula is C21H21N3O3S. The van der Waals surface area contributed by atoms with Gasteiger partial charge in [-0.2, -0.15) is 0 Å². The van der Waals surface area contributed by atoms with Crippen LogP contribution in [0, 0.1) is 13.8 Å². The number of anilines is 3. The minimum absolute atomic E-state index is 0.113. The van der Waals surface area contributed by atoms with Crippen LogP contribution in [0.15, 0.2) is 77.7 Å². The van der Waals surface area contributed by atoms with Gasteiger partial charge in [0, 0.05) is 11.4 Å². The first-order valence-corrected chi connectivity index (χ1v) is 10.1. The van der Waals surface area contributed by atoms with E-state index in [9.17, 15) is 13.2 Å². The van der Waals surface area contributed by atoms with Crippen molar-refractivity contribution in [2.75, 3.05) is 15.4 Å². The van der Waals surface area contributed by atoms with Crippen LogP contribution >= 0.6 is 0 Å². The minimum Gasteiger partial charge on any atom is -0.308 e. The molecule has 0 saturated heterocycles. The van der Waals surface area contributed by atoms with Crippen LogP contribution in [-0.2, 0) is 10.0 Å². The number of benzene rings is 3. The Labute approximate surface area is 164 Å². The van der Waals surface area contributed by atoms with Crippen LogP contribution in [0.25, 0.3) is 0 Å². The summed E-state index contributed by atoms with van der Waals surface area (Å²) in [4.78, 5) is 12.1. The summed E-state index contributed by atoms with van der Waals surface area (Å²) in [5, 5.41) is 5.37. The second-order valence-corrected chi connectivity index (χ2v) is 8.08. The van der Waals surface area contributed by atoms with Crippen LogP contribution in [0.1, 0.15) is 11.1 Å². The Morgan fingerprint density at radius 3 is 2.04 bits per heavy atom. The average Bonchev–Trinajstić information content (AvgIpc) is 2.66. The summed E-state index contributed by atoms with van der Waals surface area (Å²) < 4.78 is 27.9. The lowest BCUT2D eigenvalue weighted by atomic mass is 10.1. The summed E-state index contributed by atoms with van der Waals surface area (Å²) in [6.45, 7) is 3.74. The van der Waals surface area contributed by atoms with Crippen molar-refractivity contribution in [3.8, 4) is 0 Å². The van der Waals surface area contributed by atoms with Crippen molar-refractivity contribution in [2.45, 2.75) is 18.7 Å². The minimum atomic E-state index is -3.72. The molecule has 0 radical (unpaired) electrons. The quantitative estimate of drug-likeness (QED) is 0.583. The fourth-order valence-corrected chi connectivity index (χ4v) is 3.70. The average molecular weight is 395 g/mol. The summed E-state index contributed by atoms with van der Waals surface area (Å²) in [6.07, 6.45) is 0. The number of urea groups is 1. The van der Waals surface area contributed by atoms with Gasteiger partial charge in [-0.25, -0.2) is 13.2 Å². The van der Waals surface area contributed by atoms with Crippen molar-refractivity contribution in [1.29, 1.82) is 0 Å². The van der Waals surface area contributed by atoms with Gasteiger partial charge in [-0.15, -0.1) is 0 Å². The first-order valence-electron chi connectivity index (χ1n) is 8.67. The molecule has 0 aliphatic heterocycles. The van der Waals surface area contributed by atoms with E-state index in [0.717, 1.165) is 11.1 Å². The molecule has 0 fully saturated rings. The number of carbonyl (C=O) groups is 1. The van der Waals surface area contributed by atoms with Crippen LogP contribution in [0.5, 0.6) is 0 Å². The first-order chi connectivity index (χ1) is 13.3. The van der Waals surface area contributed by atoms with Gasteiger partial charge in [0.2, 0.25) is 0 Å². The van der Waals surface area contributed by atoms with Gasteiger partial charge in [-0.05, 0) is 67.4 Å². The molecule has 0 bridgehead atoms. The number of aryl methyl sites for hydroxylation is 2. The molecule has 3 rings (SSSR count). The molecule has 3 aromatic carbocycles. The normalized spacial score (nSPS) is 10.9. The van der Waals surface area contributed by atoms with Crippen molar-refractivity contribution in [3.63, 3.8) is 0 Å². The lowest BCUT2D eigenvalue weighted by Crippen LogP contribution is -2.19. The number of hydrogen-bond donors (Lipinski definition) is 3. The first kappa shape index (κ1) is 19.4. The maximum Gasteiger partial charge on any atom is 0.323 e. The third-order valence-corrected chi connectivity index (χ3v) is 5.47. The smallest absolute Gasteiger partial charge is 0.308 e. The van der Waals surface area contributed by atoms with Crippen molar-refractivity contribution in [2.24, 2.45) is 0 Å². The number of rotatable bonds is 5. The molecule has 0 heterocycles. The highest BCUT2D eigenvalue weighted by atomic mass is 32.2. The molecule has 3 N–H and O–H groups in total. The maximum absolute atomic E-state index is 12.6. The van der Waals surface area contributed by atoms with Crippen LogP contribution in [0.3, 0.4) is 0 Å². The summed E-state index contributed by atoms with van der Waals surface area (Å²) in [7, 11) is -3.72. The molecule has 0 saturated carbocycles. The van der Waals surface area contributed by atoms with E-state index in [1.807, 2.05) is 44.2 Å². The molecule has 0 atom stereocenters. The molecule has 2 amide bonds. The third-order valence-electron chi connectivity index (χ3n) is 4.09. The molecule has 0 aromatic heterocycles. The van der Waals surface area contributed by atoms with E-state index >= 15 is 0 Å². The molecule has 6 nitrogen and oxygen atoms in total. The molecule has 7 heteroatoms. The highest BCUT2D eigenvalue weighted by molar-refractivity contribution is 7.92. The Kier molecular flexibility index (Phi) is 5.65. The fraction of sp³-hybridized carbons (Fsp3) is 0.0952. The fourth-order valence-electron chi connectivity index (χ4n) is 2.58. The van der Waals surface area contributed by atoms with Gasteiger partial charge in [0.15, 0.2) is 0 Å². The van der Waals surface area contributed by atoms with E-state index < -0.39 is 16.1 Å². The van der Waals surface area contributed by atoms with Crippen molar-refractivity contribution < 1.29 is 13.2 Å². The highest BCUT2D eigenvalue weighted by Gasteiger charge is 2.15.